The zero-order chi connectivity index (χ0) is 19.5. The van der Waals surface area contributed by atoms with Crippen LogP contribution in [0.3, 0.4) is 0 Å². The number of carbonyl (C=O) groups excluding carboxylic acids is 1. The second-order valence-corrected chi connectivity index (χ2v) is 22.5. The van der Waals surface area contributed by atoms with Crippen molar-refractivity contribution in [2.75, 3.05) is 40.0 Å². The molecule has 26 heavy (non-hydrogen) atoms. The number of hydrogen-bond acceptors (Lipinski definition) is 3. The molecular weight excluding hydrogens is 362 g/mol. The molecule has 0 aliphatic rings. The van der Waals surface area contributed by atoms with Gasteiger partial charge in [-0.1, -0.05) is 0 Å². The van der Waals surface area contributed by atoms with Gasteiger partial charge in [-0.05, 0) is 0 Å². The fourth-order valence-corrected chi connectivity index (χ4v) is 7.32. The van der Waals surface area contributed by atoms with E-state index in [2.05, 4.69) is 64.3 Å². The molecule has 0 saturated heterocycles. The van der Waals surface area contributed by atoms with E-state index in [0.29, 0.717) is 0 Å². The van der Waals surface area contributed by atoms with Crippen LogP contribution in [0.5, 0.6) is 0 Å². The van der Waals surface area contributed by atoms with E-state index in [0.717, 1.165) is 12.3 Å². The molecule has 0 atom stereocenters. The van der Waals surface area contributed by atoms with Crippen LogP contribution in [0.2, 0.25) is 0 Å². The van der Waals surface area contributed by atoms with Gasteiger partial charge in [0.15, 0.2) is 0 Å². The molecular formula is C21H32O3P2. The van der Waals surface area contributed by atoms with Crippen LogP contribution in [0.1, 0.15) is 11.1 Å². The maximum absolute atomic E-state index is 12.7. The van der Waals surface area contributed by atoms with Crippen molar-refractivity contribution in [1.82, 2.24) is 0 Å². The average Bonchev–Trinajstić information content (AvgIpc) is 2.44. The van der Waals surface area contributed by atoms with Crippen molar-refractivity contribution in [3.8, 4) is 0 Å². The molecule has 0 N–H and O–H groups in total. The molecule has 0 amide bonds. The van der Waals surface area contributed by atoms with Gasteiger partial charge in [-0.3, -0.25) is 0 Å². The van der Waals surface area contributed by atoms with Gasteiger partial charge in [-0.15, -0.1) is 0 Å². The van der Waals surface area contributed by atoms with Gasteiger partial charge in [0.25, 0.3) is 0 Å². The maximum atomic E-state index is 12.7. The van der Waals surface area contributed by atoms with Crippen molar-refractivity contribution in [1.29, 1.82) is 0 Å². The van der Waals surface area contributed by atoms with E-state index in [1.165, 1.54) is 11.1 Å². The molecule has 0 aromatic heterocycles. The van der Waals surface area contributed by atoms with Gasteiger partial charge in [0.1, 0.15) is 0 Å². The summed E-state index contributed by atoms with van der Waals surface area (Å²) in [5.74, 6) is 0. The second-order valence-electron chi connectivity index (χ2n) is 9.65. The summed E-state index contributed by atoms with van der Waals surface area (Å²) in [5, 5.41) is 0. The zero-order valence-electron chi connectivity index (χ0n) is 16.8. The van der Waals surface area contributed by atoms with Gasteiger partial charge in [0.2, 0.25) is 0 Å². The number of carbonyl (C=O) groups is 1. The fraction of sp³-hybridized carbons (Fsp3) is 0.381. The van der Waals surface area contributed by atoms with Crippen molar-refractivity contribution in [3.05, 3.63) is 71.8 Å². The van der Waals surface area contributed by atoms with Crippen molar-refractivity contribution in [2.45, 2.75) is 12.3 Å². The van der Waals surface area contributed by atoms with E-state index >= 15 is 0 Å². The first-order valence-corrected chi connectivity index (χ1v) is 16.2. The molecule has 0 unspecified atom stereocenters. The Balaban J connectivity index is 2.08. The van der Waals surface area contributed by atoms with Gasteiger partial charge >= 0.3 is 158 Å². The Bertz CT molecular complexity index is 688. The van der Waals surface area contributed by atoms with Gasteiger partial charge in [-0.2, -0.15) is 0 Å². The first-order valence-electron chi connectivity index (χ1n) is 8.82. The van der Waals surface area contributed by atoms with Crippen molar-refractivity contribution < 1.29 is 13.8 Å². The number of benzene rings is 2. The Morgan fingerprint density at radius 1 is 0.654 bits per heavy atom. The summed E-state index contributed by atoms with van der Waals surface area (Å²) < 4.78 is 11.9. The summed E-state index contributed by atoms with van der Waals surface area (Å²) in [6.07, 6.45) is 0.952. The van der Waals surface area contributed by atoms with Crippen LogP contribution in [0.25, 0.3) is 0 Å². The molecule has 5 heteroatoms. The van der Waals surface area contributed by atoms with Crippen molar-refractivity contribution in [2.24, 2.45) is 0 Å². The average molecular weight is 394 g/mol. The summed E-state index contributed by atoms with van der Waals surface area (Å²) in [6.45, 7) is 7.04. The number of rotatable bonds is 6. The Labute approximate surface area is 158 Å². The van der Waals surface area contributed by atoms with E-state index in [1.807, 2.05) is 36.4 Å². The first kappa shape index (κ1) is 20.9. The third-order valence-corrected chi connectivity index (χ3v) is 8.49. The molecule has 0 aliphatic carbocycles. The summed E-state index contributed by atoms with van der Waals surface area (Å²) >= 11 is 0. The third kappa shape index (κ3) is 7.06. The van der Waals surface area contributed by atoms with Crippen LogP contribution in [0.15, 0.2) is 60.7 Å². The standard InChI is InChI=1S/C21H32O3P2/c1-25(2,3,17-19-13-9-7-10-14-19)23-21(22)24-26(4,5,6)18-20-15-11-8-12-16-20/h7-16H,17-18H2,1-6H3. The molecule has 0 fully saturated rings. The van der Waals surface area contributed by atoms with Crippen LogP contribution in [-0.2, 0) is 21.4 Å². The van der Waals surface area contributed by atoms with Crippen LogP contribution >= 0.6 is 13.7 Å². The minimum atomic E-state index is -2.67. The fourth-order valence-electron chi connectivity index (χ4n) is 3.05. The molecule has 0 aliphatic heterocycles. The summed E-state index contributed by atoms with van der Waals surface area (Å²) in [5.41, 5.74) is 2.36. The Morgan fingerprint density at radius 3 is 1.27 bits per heavy atom. The molecule has 0 spiro atoms. The van der Waals surface area contributed by atoms with E-state index in [1.54, 1.807) is 0 Å². The molecule has 0 radical (unpaired) electrons. The molecule has 2 aromatic rings. The molecule has 0 bridgehead atoms. The van der Waals surface area contributed by atoms with Crippen LogP contribution in [0, 0.1) is 0 Å². The zero-order valence-corrected chi connectivity index (χ0v) is 18.6. The Kier molecular flexibility index (Phi) is 5.58. The van der Waals surface area contributed by atoms with Crippen LogP contribution in [-0.4, -0.2) is 46.1 Å². The van der Waals surface area contributed by atoms with Crippen LogP contribution < -0.4 is 0 Å². The summed E-state index contributed by atoms with van der Waals surface area (Å²) in [7, 11) is 0. The van der Waals surface area contributed by atoms with Gasteiger partial charge in [0, 0.05) is 0 Å². The van der Waals surface area contributed by atoms with Crippen LogP contribution in [0.4, 0.5) is 4.79 Å². The topological polar surface area (TPSA) is 35.5 Å². The molecule has 0 saturated carbocycles. The Morgan fingerprint density at radius 2 is 0.962 bits per heavy atom. The van der Waals surface area contributed by atoms with E-state index in [4.69, 9.17) is 9.05 Å². The van der Waals surface area contributed by atoms with Crippen molar-refractivity contribution in [3.63, 3.8) is 0 Å². The van der Waals surface area contributed by atoms with E-state index < -0.39 is 19.8 Å². The quantitative estimate of drug-likeness (QED) is 0.543. The SMILES string of the molecule is CP(C)(C)(Cc1ccccc1)OC(=O)OP(C)(C)(C)Cc1ccccc1. The second kappa shape index (κ2) is 6.95. The summed E-state index contributed by atoms with van der Waals surface area (Å²) in [4.78, 5) is 12.7. The minimum absolute atomic E-state index is 0.535. The predicted octanol–water partition coefficient (Wildman–Crippen LogP) is 6.26. The monoisotopic (exact) mass is 394 g/mol. The summed E-state index contributed by atoms with van der Waals surface area (Å²) in [6, 6.07) is 20.3. The molecule has 2 rings (SSSR count). The third-order valence-electron chi connectivity index (χ3n) is 3.95. The normalized spacial score (nSPS) is 15.2. The van der Waals surface area contributed by atoms with Gasteiger partial charge in [0.05, 0.1) is 0 Å². The molecule has 3 nitrogen and oxygen atoms in total. The molecule has 0 heterocycles. The van der Waals surface area contributed by atoms with Gasteiger partial charge < -0.3 is 0 Å². The molecule has 2 aromatic carbocycles. The molecule has 144 valence electrons. The van der Waals surface area contributed by atoms with E-state index in [9.17, 15) is 4.79 Å². The first-order chi connectivity index (χ1) is 11.8. The predicted molar refractivity (Wildman–Crippen MR) is 117 cm³/mol. The van der Waals surface area contributed by atoms with E-state index in [-0.39, 0.29) is 0 Å². The van der Waals surface area contributed by atoms with Gasteiger partial charge in [-0.25, -0.2) is 0 Å². The number of hydrogen-bond donors (Lipinski definition) is 0. The Hall–Kier alpha value is -1.43. The van der Waals surface area contributed by atoms with Crippen molar-refractivity contribution >= 4 is 19.8 Å².